The van der Waals surface area contributed by atoms with Crippen LogP contribution in [0.4, 0.5) is 24.7 Å². The topological polar surface area (TPSA) is 92.5 Å². The Bertz CT molecular complexity index is 1370. The van der Waals surface area contributed by atoms with Crippen molar-refractivity contribution >= 4 is 28.4 Å². The maximum absolute atomic E-state index is 13.2. The number of benzene rings is 1. The molecule has 1 fully saturated rings. The lowest BCUT2D eigenvalue weighted by molar-refractivity contribution is -0.274. The number of aromatic nitrogens is 3. The Morgan fingerprint density at radius 1 is 1.11 bits per heavy atom. The second-order valence-corrected chi connectivity index (χ2v) is 8.15. The molecule has 0 spiro atoms. The molecule has 1 amide bonds. The highest BCUT2D eigenvalue weighted by Gasteiger charge is 2.31. The summed E-state index contributed by atoms with van der Waals surface area (Å²) in [5.41, 5.74) is 1.79. The number of carbonyl (C=O) groups is 1. The second-order valence-electron chi connectivity index (χ2n) is 8.15. The van der Waals surface area contributed by atoms with Gasteiger partial charge in [-0.1, -0.05) is 12.1 Å². The lowest BCUT2D eigenvalue weighted by Crippen LogP contribution is -2.51. The van der Waals surface area contributed by atoms with Gasteiger partial charge in [-0.25, -0.2) is 9.97 Å². The monoisotopic (exact) mass is 483 g/mol. The molecule has 8 nitrogen and oxygen atoms in total. The SMILES string of the molecule is O=C(Nc1ccc(N2CC(O)C2)nc1)c1cc2cccnc2n1Cc1cccc(OC(F)(F)F)c1. The van der Waals surface area contributed by atoms with Crippen molar-refractivity contribution in [3.8, 4) is 5.75 Å². The van der Waals surface area contributed by atoms with Gasteiger partial charge in [0.2, 0.25) is 0 Å². The van der Waals surface area contributed by atoms with Gasteiger partial charge in [-0.2, -0.15) is 0 Å². The van der Waals surface area contributed by atoms with Gasteiger partial charge in [-0.15, -0.1) is 13.2 Å². The standard InChI is InChI=1S/C24H20F3N5O3/c25-24(26,27)35-19-5-1-3-15(9-19)12-32-20(10-16-4-2-8-28-22(16)32)23(34)30-17-6-7-21(29-11-17)31-13-18(33)14-31/h1-11,18,33H,12-14H2,(H,30,34). The molecule has 0 radical (unpaired) electrons. The number of anilines is 2. The van der Waals surface area contributed by atoms with Crippen molar-refractivity contribution in [2.24, 2.45) is 0 Å². The van der Waals surface area contributed by atoms with E-state index in [9.17, 15) is 23.1 Å². The molecular weight excluding hydrogens is 463 g/mol. The number of ether oxygens (including phenoxy) is 1. The van der Waals surface area contributed by atoms with Crippen LogP contribution in [0.25, 0.3) is 11.0 Å². The van der Waals surface area contributed by atoms with E-state index < -0.39 is 12.3 Å². The Hall–Kier alpha value is -4.12. The largest absolute Gasteiger partial charge is 0.573 e. The first kappa shape index (κ1) is 22.7. The molecule has 1 aliphatic rings. The van der Waals surface area contributed by atoms with E-state index in [1.54, 1.807) is 47.2 Å². The minimum absolute atomic E-state index is 0.104. The summed E-state index contributed by atoms with van der Waals surface area (Å²) in [7, 11) is 0. The number of aliphatic hydroxyl groups excluding tert-OH is 1. The van der Waals surface area contributed by atoms with E-state index in [1.165, 1.54) is 24.4 Å². The highest BCUT2D eigenvalue weighted by molar-refractivity contribution is 6.06. The number of pyridine rings is 2. The van der Waals surface area contributed by atoms with Gasteiger partial charge in [0.25, 0.3) is 5.91 Å². The van der Waals surface area contributed by atoms with Crippen molar-refractivity contribution in [3.63, 3.8) is 0 Å². The molecular formula is C24H20F3N5O3. The van der Waals surface area contributed by atoms with E-state index >= 15 is 0 Å². The molecule has 2 N–H and O–H groups in total. The molecule has 3 aromatic heterocycles. The Kier molecular flexibility index (Phi) is 5.77. The van der Waals surface area contributed by atoms with Gasteiger partial charge >= 0.3 is 6.36 Å². The van der Waals surface area contributed by atoms with Crippen molar-refractivity contribution in [3.05, 3.63) is 78.2 Å². The van der Waals surface area contributed by atoms with Gasteiger partial charge < -0.3 is 24.6 Å². The van der Waals surface area contributed by atoms with E-state index in [1.807, 2.05) is 4.90 Å². The number of hydrogen-bond acceptors (Lipinski definition) is 6. The molecule has 1 aliphatic heterocycles. The van der Waals surface area contributed by atoms with E-state index in [-0.39, 0.29) is 24.1 Å². The number of amides is 1. The smallest absolute Gasteiger partial charge is 0.406 e. The minimum Gasteiger partial charge on any atom is -0.406 e. The molecule has 0 bridgehead atoms. The molecule has 0 aliphatic carbocycles. The average Bonchev–Trinajstić information content (AvgIpc) is 3.15. The molecule has 0 atom stereocenters. The van der Waals surface area contributed by atoms with Crippen LogP contribution in [0.3, 0.4) is 0 Å². The van der Waals surface area contributed by atoms with Crippen LogP contribution in [0.1, 0.15) is 16.1 Å². The van der Waals surface area contributed by atoms with Crippen LogP contribution in [-0.2, 0) is 6.54 Å². The highest BCUT2D eigenvalue weighted by atomic mass is 19.4. The lowest BCUT2D eigenvalue weighted by Gasteiger charge is -2.36. The maximum atomic E-state index is 13.2. The zero-order chi connectivity index (χ0) is 24.6. The van der Waals surface area contributed by atoms with E-state index in [2.05, 4.69) is 20.0 Å². The maximum Gasteiger partial charge on any atom is 0.573 e. The Balaban J connectivity index is 1.40. The van der Waals surface area contributed by atoms with Gasteiger partial charge in [0.15, 0.2) is 0 Å². The molecule has 1 aromatic carbocycles. The van der Waals surface area contributed by atoms with Gasteiger partial charge in [-0.05, 0) is 48.0 Å². The number of nitrogens with zero attached hydrogens (tertiary/aromatic N) is 4. The summed E-state index contributed by atoms with van der Waals surface area (Å²) in [4.78, 5) is 23.8. The summed E-state index contributed by atoms with van der Waals surface area (Å²) >= 11 is 0. The third-order valence-electron chi connectivity index (χ3n) is 5.55. The van der Waals surface area contributed by atoms with Gasteiger partial charge in [0.05, 0.1) is 18.0 Å². The normalized spacial score (nSPS) is 14.1. The zero-order valence-corrected chi connectivity index (χ0v) is 18.2. The van der Waals surface area contributed by atoms with Crippen LogP contribution < -0.4 is 15.0 Å². The Labute approximate surface area is 197 Å². The first-order valence-corrected chi connectivity index (χ1v) is 10.7. The summed E-state index contributed by atoms with van der Waals surface area (Å²) in [6.45, 7) is 1.13. The van der Waals surface area contributed by atoms with Gasteiger partial charge in [0.1, 0.15) is 22.9 Å². The number of rotatable bonds is 6. The molecule has 5 rings (SSSR count). The predicted molar refractivity (Wildman–Crippen MR) is 122 cm³/mol. The molecule has 0 saturated carbocycles. The number of hydrogen-bond donors (Lipinski definition) is 2. The van der Waals surface area contributed by atoms with Crippen LogP contribution in [0.5, 0.6) is 5.75 Å². The minimum atomic E-state index is -4.80. The second kappa shape index (κ2) is 8.91. The fraction of sp³-hybridized carbons (Fsp3) is 0.208. The van der Waals surface area contributed by atoms with Crippen molar-refractivity contribution in [1.29, 1.82) is 0 Å². The molecule has 4 heterocycles. The van der Waals surface area contributed by atoms with Crippen molar-refractivity contribution in [2.75, 3.05) is 23.3 Å². The number of fused-ring (bicyclic) bond motifs is 1. The number of nitrogens with one attached hydrogen (secondary N) is 1. The summed E-state index contributed by atoms with van der Waals surface area (Å²) < 4.78 is 43.6. The Morgan fingerprint density at radius 2 is 1.94 bits per heavy atom. The lowest BCUT2D eigenvalue weighted by atomic mass is 10.2. The number of alkyl halides is 3. The molecule has 0 unspecified atom stereocenters. The van der Waals surface area contributed by atoms with Gasteiger partial charge in [-0.3, -0.25) is 4.79 Å². The summed E-state index contributed by atoms with van der Waals surface area (Å²) in [6, 6.07) is 14.3. The summed E-state index contributed by atoms with van der Waals surface area (Å²) in [5.74, 6) is -0.0569. The number of aliphatic hydroxyl groups is 1. The zero-order valence-electron chi connectivity index (χ0n) is 18.2. The fourth-order valence-corrected chi connectivity index (χ4v) is 3.94. The fourth-order valence-electron chi connectivity index (χ4n) is 3.94. The van der Waals surface area contributed by atoms with Gasteiger partial charge in [0, 0.05) is 31.2 Å². The molecule has 11 heteroatoms. The predicted octanol–water partition coefficient (Wildman–Crippen LogP) is 3.81. The molecule has 1 saturated heterocycles. The summed E-state index contributed by atoms with van der Waals surface area (Å²) in [5, 5.41) is 13.0. The van der Waals surface area contributed by atoms with Crippen LogP contribution >= 0.6 is 0 Å². The first-order chi connectivity index (χ1) is 16.7. The van der Waals surface area contributed by atoms with E-state index in [4.69, 9.17) is 0 Å². The van der Waals surface area contributed by atoms with E-state index in [0.29, 0.717) is 41.2 Å². The highest BCUT2D eigenvalue weighted by Crippen LogP contribution is 2.26. The van der Waals surface area contributed by atoms with Crippen molar-refractivity contribution in [2.45, 2.75) is 19.0 Å². The third kappa shape index (κ3) is 5.04. The van der Waals surface area contributed by atoms with Crippen LogP contribution in [-0.4, -0.2) is 51.1 Å². The number of carbonyl (C=O) groups excluding carboxylic acids is 1. The van der Waals surface area contributed by atoms with Crippen molar-refractivity contribution in [1.82, 2.24) is 14.5 Å². The molecule has 35 heavy (non-hydrogen) atoms. The quantitative estimate of drug-likeness (QED) is 0.433. The first-order valence-electron chi connectivity index (χ1n) is 10.7. The van der Waals surface area contributed by atoms with E-state index in [0.717, 1.165) is 0 Å². The Morgan fingerprint density at radius 3 is 2.66 bits per heavy atom. The molecule has 4 aromatic rings. The third-order valence-corrected chi connectivity index (χ3v) is 5.55. The molecule has 180 valence electrons. The van der Waals surface area contributed by atoms with Crippen LogP contribution in [0, 0.1) is 0 Å². The van der Waals surface area contributed by atoms with Crippen molar-refractivity contribution < 1.29 is 27.8 Å². The number of β-amino-alcohol motifs (C(OH)–C–C–N with tert-alkyl or cyclic N) is 1. The van der Waals surface area contributed by atoms with Crippen LogP contribution in [0.2, 0.25) is 0 Å². The number of halogens is 3. The average molecular weight is 483 g/mol. The summed E-state index contributed by atoms with van der Waals surface area (Å²) in [6.07, 6.45) is -2.04. The van der Waals surface area contributed by atoms with Crippen LogP contribution in [0.15, 0.2) is 67.0 Å².